The Bertz CT molecular complexity index is 583. The Morgan fingerprint density at radius 3 is 2.62 bits per heavy atom. The van der Waals surface area contributed by atoms with Crippen LogP contribution in [0.5, 0.6) is 0 Å². The largest absolute Gasteiger partial charge is 0.464 e. The molecular weight excluding hydrogens is 397 g/mol. The van der Waals surface area contributed by atoms with Crippen LogP contribution in [0.3, 0.4) is 0 Å². The summed E-state index contributed by atoms with van der Waals surface area (Å²) in [6, 6.07) is 12.0. The molecule has 1 N–H and O–H groups in total. The van der Waals surface area contributed by atoms with Crippen LogP contribution in [0.2, 0.25) is 0 Å². The minimum absolute atomic E-state index is 0.247. The highest BCUT2D eigenvalue weighted by molar-refractivity contribution is 14.1. The third-order valence-corrected chi connectivity index (χ3v) is 4.90. The summed E-state index contributed by atoms with van der Waals surface area (Å²) in [5.74, 6) is -0.247. The maximum Gasteiger partial charge on any atom is 0.330 e. The van der Waals surface area contributed by atoms with Gasteiger partial charge in [-0.2, -0.15) is 0 Å². The minimum Gasteiger partial charge on any atom is -0.464 e. The van der Waals surface area contributed by atoms with E-state index in [0.29, 0.717) is 13.2 Å². The first-order chi connectivity index (χ1) is 10.1. The van der Waals surface area contributed by atoms with E-state index in [0.717, 1.165) is 9.13 Å². The molecular formula is C16H18INO2S. The van der Waals surface area contributed by atoms with Crippen LogP contribution in [-0.2, 0) is 21.6 Å². The Kier molecular flexibility index (Phi) is 5.78. The molecule has 0 bridgehead atoms. The molecule has 0 aliphatic rings. The van der Waals surface area contributed by atoms with Crippen molar-refractivity contribution in [2.45, 2.75) is 25.9 Å². The summed E-state index contributed by atoms with van der Waals surface area (Å²) in [5, 5.41) is 5.38. The fraction of sp³-hybridized carbons (Fsp3) is 0.312. The fourth-order valence-electron chi connectivity index (χ4n) is 2.03. The fourth-order valence-corrected chi connectivity index (χ4v) is 3.03. The van der Waals surface area contributed by atoms with E-state index in [4.69, 9.17) is 4.74 Å². The van der Waals surface area contributed by atoms with Crippen molar-refractivity contribution >= 4 is 39.9 Å². The Morgan fingerprint density at radius 1 is 1.33 bits per heavy atom. The number of esters is 1. The standard InChI is InChI=1S/C16H18INO2S/c1-3-20-15(19)16(2,12-6-8-13(17)9-7-12)18-11-14-5-4-10-21-14/h4-10,18H,3,11H2,1-2H3. The zero-order chi connectivity index (χ0) is 15.3. The molecule has 3 nitrogen and oxygen atoms in total. The van der Waals surface area contributed by atoms with Crippen LogP contribution in [0.15, 0.2) is 41.8 Å². The van der Waals surface area contributed by atoms with Crippen molar-refractivity contribution < 1.29 is 9.53 Å². The lowest BCUT2D eigenvalue weighted by Crippen LogP contribution is -2.47. The van der Waals surface area contributed by atoms with Gasteiger partial charge in [-0.3, -0.25) is 5.32 Å². The lowest BCUT2D eigenvalue weighted by Gasteiger charge is -2.29. The molecule has 1 heterocycles. The predicted molar refractivity (Wildman–Crippen MR) is 94.3 cm³/mol. The first-order valence-corrected chi connectivity index (χ1v) is 8.73. The monoisotopic (exact) mass is 415 g/mol. The molecule has 0 fully saturated rings. The van der Waals surface area contributed by atoms with Crippen LogP contribution >= 0.6 is 33.9 Å². The Labute approximate surface area is 142 Å². The molecule has 0 radical (unpaired) electrons. The van der Waals surface area contributed by atoms with E-state index in [2.05, 4.69) is 34.0 Å². The number of ether oxygens (including phenoxy) is 1. The van der Waals surface area contributed by atoms with Crippen molar-refractivity contribution in [3.63, 3.8) is 0 Å². The van der Waals surface area contributed by atoms with Crippen LogP contribution in [0.25, 0.3) is 0 Å². The molecule has 1 aromatic carbocycles. The average Bonchev–Trinajstić information content (AvgIpc) is 2.99. The molecule has 2 aromatic rings. The number of nitrogens with one attached hydrogen (secondary N) is 1. The SMILES string of the molecule is CCOC(=O)C(C)(NCc1cccs1)c1ccc(I)cc1. The zero-order valence-corrected chi connectivity index (χ0v) is 15.0. The van der Waals surface area contributed by atoms with Crippen molar-refractivity contribution in [1.29, 1.82) is 0 Å². The van der Waals surface area contributed by atoms with Gasteiger partial charge < -0.3 is 4.74 Å². The van der Waals surface area contributed by atoms with Gasteiger partial charge >= 0.3 is 5.97 Å². The van der Waals surface area contributed by atoms with E-state index in [-0.39, 0.29) is 5.97 Å². The number of carbonyl (C=O) groups is 1. The third-order valence-electron chi connectivity index (χ3n) is 3.30. The van der Waals surface area contributed by atoms with Crippen LogP contribution in [0, 0.1) is 3.57 Å². The van der Waals surface area contributed by atoms with Gasteiger partial charge in [0.05, 0.1) is 6.61 Å². The molecule has 2 rings (SSSR count). The summed E-state index contributed by atoms with van der Waals surface area (Å²) in [6.45, 7) is 4.71. The lowest BCUT2D eigenvalue weighted by molar-refractivity contribution is -0.151. The summed E-state index contributed by atoms with van der Waals surface area (Å²) in [7, 11) is 0. The quantitative estimate of drug-likeness (QED) is 0.574. The van der Waals surface area contributed by atoms with Gasteiger partial charge in [-0.25, -0.2) is 4.79 Å². The second-order valence-electron chi connectivity index (χ2n) is 4.79. The normalized spacial score (nSPS) is 13.7. The highest BCUT2D eigenvalue weighted by Crippen LogP contribution is 2.25. The summed E-state index contributed by atoms with van der Waals surface area (Å²) in [5.41, 5.74) is 0.0718. The second kappa shape index (κ2) is 7.38. The van der Waals surface area contributed by atoms with E-state index in [1.54, 1.807) is 11.3 Å². The molecule has 0 saturated carbocycles. The lowest BCUT2D eigenvalue weighted by atomic mass is 9.92. The highest BCUT2D eigenvalue weighted by Gasteiger charge is 2.36. The smallest absolute Gasteiger partial charge is 0.330 e. The van der Waals surface area contributed by atoms with E-state index in [9.17, 15) is 4.79 Å². The number of hydrogen-bond donors (Lipinski definition) is 1. The van der Waals surface area contributed by atoms with E-state index in [1.165, 1.54) is 4.88 Å². The first kappa shape index (κ1) is 16.5. The molecule has 0 spiro atoms. The van der Waals surface area contributed by atoms with Crippen LogP contribution in [0.1, 0.15) is 24.3 Å². The van der Waals surface area contributed by atoms with Gasteiger partial charge in [0.15, 0.2) is 0 Å². The van der Waals surface area contributed by atoms with Crippen LogP contribution < -0.4 is 5.32 Å². The molecule has 0 saturated heterocycles. The minimum atomic E-state index is -0.843. The maximum atomic E-state index is 12.4. The molecule has 21 heavy (non-hydrogen) atoms. The molecule has 1 unspecified atom stereocenters. The Morgan fingerprint density at radius 2 is 2.05 bits per heavy atom. The van der Waals surface area contributed by atoms with Gasteiger partial charge in [0.25, 0.3) is 0 Å². The number of halogens is 1. The second-order valence-corrected chi connectivity index (χ2v) is 7.06. The average molecular weight is 415 g/mol. The highest BCUT2D eigenvalue weighted by atomic mass is 127. The van der Waals surface area contributed by atoms with Crippen LogP contribution in [0.4, 0.5) is 0 Å². The molecule has 112 valence electrons. The molecule has 0 aliphatic carbocycles. The van der Waals surface area contributed by atoms with Gasteiger partial charge in [0, 0.05) is 15.0 Å². The molecule has 0 aliphatic heterocycles. The summed E-state index contributed by atoms with van der Waals surface area (Å²) >= 11 is 3.92. The molecule has 1 atom stereocenters. The maximum absolute atomic E-state index is 12.4. The first-order valence-electron chi connectivity index (χ1n) is 6.77. The van der Waals surface area contributed by atoms with Crippen LogP contribution in [-0.4, -0.2) is 12.6 Å². The predicted octanol–water partition coefficient (Wildman–Crippen LogP) is 3.92. The van der Waals surface area contributed by atoms with Crippen molar-refractivity contribution in [2.24, 2.45) is 0 Å². The summed E-state index contributed by atoms with van der Waals surface area (Å²) in [6.07, 6.45) is 0. The number of thiophene rings is 1. The Balaban J connectivity index is 2.24. The van der Waals surface area contributed by atoms with Crippen molar-refractivity contribution in [2.75, 3.05) is 6.61 Å². The van der Waals surface area contributed by atoms with E-state index >= 15 is 0 Å². The van der Waals surface area contributed by atoms with Gasteiger partial charge in [0.1, 0.15) is 5.54 Å². The van der Waals surface area contributed by atoms with Gasteiger partial charge in [-0.05, 0) is 65.6 Å². The van der Waals surface area contributed by atoms with Crippen molar-refractivity contribution in [3.05, 3.63) is 55.8 Å². The number of hydrogen-bond acceptors (Lipinski definition) is 4. The van der Waals surface area contributed by atoms with Gasteiger partial charge in [-0.15, -0.1) is 11.3 Å². The number of benzene rings is 1. The number of carbonyl (C=O) groups excluding carboxylic acids is 1. The number of rotatable bonds is 6. The van der Waals surface area contributed by atoms with Crippen molar-refractivity contribution in [1.82, 2.24) is 5.32 Å². The van der Waals surface area contributed by atoms with E-state index < -0.39 is 5.54 Å². The third kappa shape index (κ3) is 4.05. The Hall–Kier alpha value is -0.920. The van der Waals surface area contributed by atoms with Crippen molar-refractivity contribution in [3.8, 4) is 0 Å². The van der Waals surface area contributed by atoms with Gasteiger partial charge in [0.2, 0.25) is 0 Å². The topological polar surface area (TPSA) is 38.3 Å². The molecule has 0 amide bonds. The molecule has 1 aromatic heterocycles. The molecule has 5 heteroatoms. The summed E-state index contributed by atoms with van der Waals surface area (Å²) in [4.78, 5) is 13.6. The summed E-state index contributed by atoms with van der Waals surface area (Å²) < 4.78 is 6.40. The zero-order valence-electron chi connectivity index (χ0n) is 12.1. The van der Waals surface area contributed by atoms with Gasteiger partial charge in [-0.1, -0.05) is 18.2 Å². The van der Waals surface area contributed by atoms with E-state index in [1.807, 2.05) is 49.6 Å².